The molecular weight excluding hydrogens is 398 g/mol. The van der Waals surface area contributed by atoms with Gasteiger partial charge in [-0.2, -0.15) is 5.10 Å². The number of esters is 3. The first-order valence-corrected chi connectivity index (χ1v) is 9.58. The summed E-state index contributed by atoms with van der Waals surface area (Å²) < 4.78 is 16.0. The third-order valence-electron chi connectivity index (χ3n) is 4.54. The molecule has 0 aliphatic carbocycles. The minimum atomic E-state index is -1.37. The van der Waals surface area contributed by atoms with Crippen molar-refractivity contribution in [2.75, 3.05) is 6.61 Å². The van der Waals surface area contributed by atoms with Gasteiger partial charge in [0.15, 0.2) is 17.8 Å². The van der Waals surface area contributed by atoms with Gasteiger partial charge in [0, 0.05) is 12.3 Å². The highest BCUT2D eigenvalue weighted by atomic mass is 16.6. The zero-order valence-corrected chi connectivity index (χ0v) is 17.2. The van der Waals surface area contributed by atoms with Gasteiger partial charge in [-0.3, -0.25) is 24.3 Å². The molecule has 11 nitrogen and oxygen atoms in total. The third-order valence-corrected chi connectivity index (χ3v) is 4.54. The van der Waals surface area contributed by atoms with E-state index in [2.05, 4.69) is 15.5 Å². The quantitative estimate of drug-likeness (QED) is 0.490. The molecule has 2 rings (SSSR count). The number of aromatic amines is 1. The maximum atomic E-state index is 12.6. The van der Waals surface area contributed by atoms with Gasteiger partial charge in [0.1, 0.15) is 12.7 Å². The molecule has 2 N–H and O–H groups in total. The molecule has 2 heterocycles. The number of hydrogen-bond acceptors (Lipinski definition) is 9. The highest BCUT2D eigenvalue weighted by Gasteiger charge is 2.41. The molecule has 0 unspecified atom stereocenters. The van der Waals surface area contributed by atoms with Gasteiger partial charge in [-0.05, 0) is 13.3 Å². The molecule has 0 saturated carbocycles. The van der Waals surface area contributed by atoms with Crippen LogP contribution in [-0.4, -0.2) is 58.9 Å². The van der Waals surface area contributed by atoms with E-state index < -0.39 is 71.6 Å². The summed E-state index contributed by atoms with van der Waals surface area (Å²) in [6.45, 7) is 5.96. The normalized spacial score (nSPS) is 24.7. The number of carbonyl (C=O) groups is 4. The van der Waals surface area contributed by atoms with Crippen molar-refractivity contribution < 1.29 is 33.4 Å². The van der Waals surface area contributed by atoms with Crippen LogP contribution >= 0.6 is 0 Å². The second-order valence-corrected chi connectivity index (χ2v) is 7.16. The second kappa shape index (κ2) is 9.99. The first kappa shape index (κ1) is 23.0. The topological polar surface area (TPSA) is 154 Å². The molecule has 30 heavy (non-hydrogen) atoms. The van der Waals surface area contributed by atoms with E-state index in [0.717, 1.165) is 6.07 Å². The summed E-state index contributed by atoms with van der Waals surface area (Å²) in [5.74, 6) is -4.39. The number of carbonyl (C=O) groups excluding carboxylic acids is 4. The standard InChI is InChI=1S/C19H25N3O8/c1-5-11-15(30-17(25)9(2)3)10(4)29-19(27)12(8-28-18(11)26)21-16(24)14-13(23)6-7-20-22-14/h6-7,9-12,15H,5,8H2,1-4H3,(H,20,23)(H,21,24)/t10-,11+,12-,15-/m0/s1. The van der Waals surface area contributed by atoms with Crippen molar-refractivity contribution in [2.45, 2.75) is 52.4 Å². The van der Waals surface area contributed by atoms with E-state index in [1.165, 1.54) is 13.1 Å². The summed E-state index contributed by atoms with van der Waals surface area (Å²) in [5.41, 5.74) is -1.11. The van der Waals surface area contributed by atoms with E-state index in [-0.39, 0.29) is 6.42 Å². The molecule has 0 bridgehead atoms. The van der Waals surface area contributed by atoms with Crippen LogP contribution in [0.3, 0.4) is 0 Å². The van der Waals surface area contributed by atoms with Gasteiger partial charge < -0.3 is 19.5 Å². The average molecular weight is 423 g/mol. The molecule has 1 aromatic rings. The number of hydrogen-bond donors (Lipinski definition) is 2. The average Bonchev–Trinajstić information content (AvgIpc) is 2.73. The fraction of sp³-hybridized carbons (Fsp3) is 0.579. The van der Waals surface area contributed by atoms with Crippen molar-refractivity contribution in [3.8, 4) is 0 Å². The number of amides is 1. The second-order valence-electron chi connectivity index (χ2n) is 7.16. The summed E-state index contributed by atoms with van der Waals surface area (Å²) in [5, 5.41) is 8.23. The predicted octanol–water partition coefficient (Wildman–Crippen LogP) is -0.0492. The molecule has 164 valence electrons. The number of nitrogens with zero attached hydrogens (tertiary/aromatic N) is 1. The lowest BCUT2D eigenvalue weighted by Crippen LogP contribution is -2.47. The number of H-pyrrole nitrogens is 1. The largest absolute Gasteiger partial charge is 0.463 e. The van der Waals surface area contributed by atoms with Crippen LogP contribution in [-0.2, 0) is 28.6 Å². The number of aromatic nitrogens is 2. The summed E-state index contributed by atoms with van der Waals surface area (Å²) in [4.78, 5) is 61.3. The van der Waals surface area contributed by atoms with Crippen molar-refractivity contribution in [1.29, 1.82) is 0 Å². The van der Waals surface area contributed by atoms with Crippen molar-refractivity contribution in [1.82, 2.24) is 15.5 Å². The fourth-order valence-electron chi connectivity index (χ4n) is 2.82. The highest BCUT2D eigenvalue weighted by Crippen LogP contribution is 2.23. The molecule has 1 aromatic heterocycles. The Bertz CT molecular complexity index is 865. The minimum Gasteiger partial charge on any atom is -0.463 e. The fourth-order valence-corrected chi connectivity index (χ4v) is 2.82. The smallest absolute Gasteiger partial charge is 0.332 e. The van der Waals surface area contributed by atoms with Gasteiger partial charge >= 0.3 is 17.9 Å². The number of cyclic esters (lactones) is 2. The molecule has 0 radical (unpaired) electrons. The van der Waals surface area contributed by atoms with E-state index in [9.17, 15) is 24.0 Å². The Balaban J connectivity index is 2.24. The molecule has 1 aliphatic rings. The minimum absolute atomic E-state index is 0.275. The Morgan fingerprint density at radius 2 is 2.00 bits per heavy atom. The molecule has 1 aliphatic heterocycles. The Morgan fingerprint density at radius 3 is 2.60 bits per heavy atom. The molecule has 4 atom stereocenters. The van der Waals surface area contributed by atoms with Crippen LogP contribution in [0.4, 0.5) is 0 Å². The summed E-state index contributed by atoms with van der Waals surface area (Å²) in [6.07, 6.45) is -0.500. The van der Waals surface area contributed by atoms with Crippen LogP contribution < -0.4 is 10.7 Å². The van der Waals surface area contributed by atoms with Crippen molar-refractivity contribution in [2.24, 2.45) is 11.8 Å². The Hall–Kier alpha value is -3.24. The predicted molar refractivity (Wildman–Crippen MR) is 101 cm³/mol. The highest BCUT2D eigenvalue weighted by molar-refractivity contribution is 5.95. The van der Waals surface area contributed by atoms with E-state index in [1.54, 1.807) is 20.8 Å². The molecule has 11 heteroatoms. The maximum Gasteiger partial charge on any atom is 0.332 e. The zero-order chi connectivity index (χ0) is 22.4. The van der Waals surface area contributed by atoms with Crippen molar-refractivity contribution >= 4 is 23.8 Å². The van der Waals surface area contributed by atoms with Gasteiger partial charge in [-0.15, -0.1) is 0 Å². The molecule has 1 fully saturated rings. The van der Waals surface area contributed by atoms with Gasteiger partial charge in [-0.25, -0.2) is 4.79 Å². The van der Waals surface area contributed by atoms with E-state index in [4.69, 9.17) is 14.2 Å². The van der Waals surface area contributed by atoms with Crippen LogP contribution in [0.25, 0.3) is 0 Å². The van der Waals surface area contributed by atoms with Crippen molar-refractivity contribution in [3.05, 3.63) is 28.2 Å². The Labute approximate surface area is 172 Å². The van der Waals surface area contributed by atoms with E-state index in [0.29, 0.717) is 0 Å². The third kappa shape index (κ3) is 5.43. The van der Waals surface area contributed by atoms with Gasteiger partial charge in [0.2, 0.25) is 5.43 Å². The van der Waals surface area contributed by atoms with Gasteiger partial charge in [0.05, 0.1) is 11.8 Å². The summed E-state index contributed by atoms with van der Waals surface area (Å²) >= 11 is 0. The van der Waals surface area contributed by atoms with Gasteiger partial charge in [0.25, 0.3) is 5.91 Å². The van der Waals surface area contributed by atoms with Crippen LogP contribution in [0.1, 0.15) is 44.6 Å². The van der Waals surface area contributed by atoms with E-state index in [1.807, 2.05) is 0 Å². The van der Waals surface area contributed by atoms with Crippen molar-refractivity contribution in [3.63, 3.8) is 0 Å². The van der Waals surface area contributed by atoms with Crippen LogP contribution in [0, 0.1) is 11.8 Å². The summed E-state index contributed by atoms with van der Waals surface area (Å²) in [6, 6.07) is -0.271. The Morgan fingerprint density at radius 1 is 1.30 bits per heavy atom. The van der Waals surface area contributed by atoms with Crippen LogP contribution in [0.2, 0.25) is 0 Å². The Kier molecular flexibility index (Phi) is 7.67. The zero-order valence-electron chi connectivity index (χ0n) is 17.2. The number of rotatable bonds is 5. The molecular formula is C19H25N3O8. The lowest BCUT2D eigenvalue weighted by Gasteiger charge is -2.29. The maximum absolute atomic E-state index is 12.6. The number of nitrogens with one attached hydrogen (secondary N) is 2. The molecule has 0 spiro atoms. The SMILES string of the molecule is CC[C@H]1C(=O)OC[C@H](NC(=O)c2n[nH]ccc2=O)C(=O)O[C@@H](C)[C@@H]1OC(=O)C(C)C. The molecule has 1 amide bonds. The first-order valence-electron chi connectivity index (χ1n) is 9.58. The number of ether oxygens (including phenoxy) is 3. The lowest BCUT2D eigenvalue weighted by molar-refractivity contribution is -0.176. The summed E-state index contributed by atoms with van der Waals surface area (Å²) in [7, 11) is 0. The lowest BCUT2D eigenvalue weighted by atomic mass is 9.95. The van der Waals surface area contributed by atoms with Crippen LogP contribution in [0.5, 0.6) is 0 Å². The monoisotopic (exact) mass is 423 g/mol. The first-order chi connectivity index (χ1) is 14.1. The molecule has 1 saturated heterocycles. The van der Waals surface area contributed by atoms with Crippen LogP contribution in [0.15, 0.2) is 17.1 Å². The van der Waals surface area contributed by atoms with E-state index >= 15 is 0 Å². The molecule has 0 aromatic carbocycles. The van der Waals surface area contributed by atoms with Gasteiger partial charge in [-0.1, -0.05) is 20.8 Å².